The van der Waals surface area contributed by atoms with E-state index < -0.39 is 16.9 Å². The Labute approximate surface area is 79.5 Å². The Morgan fingerprint density at radius 3 is 2.23 bits per heavy atom. The number of carbonyl (C=O) groups is 1. The van der Waals surface area contributed by atoms with Gasteiger partial charge in [-0.15, -0.1) is 6.42 Å². The molecule has 13 heavy (non-hydrogen) atoms. The summed E-state index contributed by atoms with van der Waals surface area (Å²) in [7, 11) is 0. The van der Waals surface area contributed by atoms with Crippen LogP contribution in [0.15, 0.2) is 0 Å². The third-order valence-corrected chi connectivity index (χ3v) is 1.91. The molecular weight excluding hydrogens is 166 g/mol. The average molecular weight is 183 g/mol. The van der Waals surface area contributed by atoms with Gasteiger partial charge in [0.2, 0.25) is 0 Å². The number of hydrogen-bond donors (Lipinski definition) is 2. The van der Waals surface area contributed by atoms with Gasteiger partial charge in [0.05, 0.1) is 11.0 Å². The Hall–Kier alpha value is -1.01. The molecule has 3 nitrogen and oxygen atoms in total. The first-order valence-corrected chi connectivity index (χ1v) is 4.17. The Bertz CT molecular complexity index is 236. The highest BCUT2D eigenvalue weighted by atomic mass is 16.4. The van der Waals surface area contributed by atoms with Gasteiger partial charge in [-0.25, -0.2) is 0 Å². The fourth-order valence-electron chi connectivity index (χ4n) is 0.569. The third kappa shape index (κ3) is 3.95. The summed E-state index contributed by atoms with van der Waals surface area (Å²) in [6.07, 6.45) is 5.25. The smallest absolute Gasteiger partial charge is 0.310 e. The zero-order valence-electron chi connectivity index (χ0n) is 8.64. The maximum atomic E-state index is 10.7. The van der Waals surface area contributed by atoms with Crippen molar-refractivity contribution in [3.05, 3.63) is 0 Å². The van der Waals surface area contributed by atoms with E-state index in [1.807, 2.05) is 13.8 Å². The normalized spacial score (nSPS) is 12.2. The zero-order valence-corrected chi connectivity index (χ0v) is 8.64. The van der Waals surface area contributed by atoms with Crippen molar-refractivity contribution >= 4 is 5.97 Å². The van der Waals surface area contributed by atoms with Crippen molar-refractivity contribution in [3.63, 3.8) is 0 Å². The minimum atomic E-state index is -0.826. The molecule has 0 rings (SSSR count). The molecule has 0 aliphatic rings. The van der Waals surface area contributed by atoms with Crippen LogP contribution in [0.2, 0.25) is 0 Å². The minimum absolute atomic E-state index is 0.361. The minimum Gasteiger partial charge on any atom is -0.481 e. The van der Waals surface area contributed by atoms with Gasteiger partial charge >= 0.3 is 5.97 Å². The highest BCUT2D eigenvalue weighted by molar-refractivity contribution is 5.73. The van der Waals surface area contributed by atoms with Crippen LogP contribution in [0.25, 0.3) is 0 Å². The lowest BCUT2D eigenvalue weighted by atomic mass is 9.92. The number of hydrogen-bond acceptors (Lipinski definition) is 2. The summed E-state index contributed by atoms with van der Waals surface area (Å²) in [5, 5.41) is 11.8. The van der Waals surface area contributed by atoms with Gasteiger partial charge in [0.25, 0.3) is 0 Å². The molecule has 74 valence electrons. The van der Waals surface area contributed by atoms with Crippen LogP contribution >= 0.6 is 0 Å². The predicted octanol–water partition coefficient (Wildman–Crippen LogP) is 1.10. The number of carboxylic acid groups (broad SMARTS) is 1. The molecule has 0 saturated carbocycles. The molecule has 0 aliphatic heterocycles. The summed E-state index contributed by atoms with van der Waals surface area (Å²) in [5.41, 5.74) is -1.24. The second-order valence-electron chi connectivity index (χ2n) is 4.31. The monoisotopic (exact) mass is 183 g/mol. The Morgan fingerprint density at radius 2 is 1.92 bits per heavy atom. The highest BCUT2D eigenvalue weighted by Crippen LogP contribution is 2.14. The van der Waals surface area contributed by atoms with Crippen molar-refractivity contribution < 1.29 is 9.90 Å². The van der Waals surface area contributed by atoms with Crippen LogP contribution in [-0.4, -0.2) is 23.2 Å². The average Bonchev–Trinajstić information content (AvgIpc) is 2.01. The number of aliphatic carboxylic acids is 1. The van der Waals surface area contributed by atoms with E-state index in [2.05, 4.69) is 11.2 Å². The molecule has 0 saturated heterocycles. The molecule has 3 heteroatoms. The van der Waals surface area contributed by atoms with Gasteiger partial charge in [-0.2, -0.15) is 0 Å². The Morgan fingerprint density at radius 1 is 1.46 bits per heavy atom. The summed E-state index contributed by atoms with van der Waals surface area (Å²) < 4.78 is 0. The highest BCUT2D eigenvalue weighted by Gasteiger charge is 2.28. The zero-order chi connectivity index (χ0) is 10.7. The van der Waals surface area contributed by atoms with Crippen LogP contribution in [0.1, 0.15) is 27.7 Å². The fraction of sp³-hybridized carbons (Fsp3) is 0.700. The van der Waals surface area contributed by atoms with Crippen LogP contribution < -0.4 is 5.32 Å². The van der Waals surface area contributed by atoms with Crippen molar-refractivity contribution in [2.75, 3.05) is 6.54 Å². The molecule has 0 aromatic heterocycles. The number of nitrogens with one attached hydrogen (secondary N) is 1. The molecule has 0 unspecified atom stereocenters. The van der Waals surface area contributed by atoms with Crippen molar-refractivity contribution in [2.45, 2.75) is 33.2 Å². The van der Waals surface area contributed by atoms with Crippen LogP contribution in [0.3, 0.4) is 0 Å². The van der Waals surface area contributed by atoms with Crippen molar-refractivity contribution in [2.24, 2.45) is 5.41 Å². The van der Waals surface area contributed by atoms with Gasteiger partial charge in [-0.05, 0) is 27.7 Å². The molecule has 0 spiro atoms. The summed E-state index contributed by atoms with van der Waals surface area (Å²) in [6, 6.07) is 0. The van der Waals surface area contributed by atoms with Gasteiger partial charge < -0.3 is 10.4 Å². The quantitative estimate of drug-likeness (QED) is 0.642. The van der Waals surface area contributed by atoms with Gasteiger partial charge in [0, 0.05) is 6.54 Å². The van der Waals surface area contributed by atoms with Gasteiger partial charge in [0.1, 0.15) is 0 Å². The first kappa shape index (κ1) is 12.0. The summed E-state index contributed by atoms with van der Waals surface area (Å²) in [6.45, 7) is 7.36. The molecule has 0 aromatic carbocycles. The van der Waals surface area contributed by atoms with E-state index in [-0.39, 0.29) is 0 Å². The van der Waals surface area contributed by atoms with Gasteiger partial charge in [-0.3, -0.25) is 4.79 Å². The Kier molecular flexibility index (Phi) is 3.50. The van der Waals surface area contributed by atoms with E-state index >= 15 is 0 Å². The molecule has 0 fully saturated rings. The summed E-state index contributed by atoms with van der Waals surface area (Å²) >= 11 is 0. The van der Waals surface area contributed by atoms with Crippen LogP contribution in [-0.2, 0) is 4.79 Å². The topological polar surface area (TPSA) is 49.3 Å². The van der Waals surface area contributed by atoms with Crippen LogP contribution in [0, 0.1) is 17.8 Å². The third-order valence-electron chi connectivity index (χ3n) is 1.91. The molecule has 0 atom stereocenters. The molecule has 2 N–H and O–H groups in total. The molecule has 0 amide bonds. The van der Waals surface area contributed by atoms with E-state index in [4.69, 9.17) is 11.5 Å². The van der Waals surface area contributed by atoms with Crippen molar-refractivity contribution in [1.29, 1.82) is 0 Å². The SMILES string of the molecule is C#CC(C)(C)NCC(C)(C)C(=O)O. The van der Waals surface area contributed by atoms with Gasteiger partial charge in [0.15, 0.2) is 0 Å². The van der Waals surface area contributed by atoms with Gasteiger partial charge in [-0.1, -0.05) is 5.92 Å². The maximum Gasteiger partial charge on any atom is 0.310 e. The largest absolute Gasteiger partial charge is 0.481 e. The van der Waals surface area contributed by atoms with Crippen LogP contribution in [0.4, 0.5) is 0 Å². The predicted molar refractivity (Wildman–Crippen MR) is 52.3 cm³/mol. The standard InChI is InChI=1S/C10H17NO2/c1-6-10(4,5)11-7-9(2,3)8(12)13/h1,11H,7H2,2-5H3,(H,12,13). The molecule has 0 bridgehead atoms. The molecule has 0 aliphatic carbocycles. The van der Waals surface area contributed by atoms with E-state index in [1.54, 1.807) is 13.8 Å². The van der Waals surface area contributed by atoms with E-state index in [1.165, 1.54) is 0 Å². The molecule has 0 radical (unpaired) electrons. The lowest BCUT2D eigenvalue weighted by Crippen LogP contribution is -2.45. The van der Waals surface area contributed by atoms with Crippen LogP contribution in [0.5, 0.6) is 0 Å². The van der Waals surface area contributed by atoms with Crippen molar-refractivity contribution in [1.82, 2.24) is 5.32 Å². The second-order valence-corrected chi connectivity index (χ2v) is 4.31. The van der Waals surface area contributed by atoms with E-state index in [0.29, 0.717) is 6.54 Å². The van der Waals surface area contributed by atoms with Crippen molar-refractivity contribution in [3.8, 4) is 12.3 Å². The first-order valence-electron chi connectivity index (χ1n) is 4.17. The molecule has 0 aromatic rings. The first-order chi connectivity index (χ1) is 5.71. The fourth-order valence-corrected chi connectivity index (χ4v) is 0.569. The molecular formula is C10H17NO2. The maximum absolute atomic E-state index is 10.7. The lowest BCUT2D eigenvalue weighted by Gasteiger charge is -2.26. The lowest BCUT2D eigenvalue weighted by molar-refractivity contribution is -0.146. The second kappa shape index (κ2) is 3.80. The summed E-state index contributed by atoms with van der Waals surface area (Å²) in [4.78, 5) is 10.7. The Balaban J connectivity index is 4.19. The molecule has 0 heterocycles. The van der Waals surface area contributed by atoms with E-state index in [0.717, 1.165) is 0 Å². The van der Waals surface area contributed by atoms with E-state index in [9.17, 15) is 4.79 Å². The number of carboxylic acids is 1. The number of terminal acetylenes is 1. The summed E-state index contributed by atoms with van der Waals surface area (Å²) in [5.74, 6) is 1.72. The number of rotatable bonds is 4.